The van der Waals surface area contributed by atoms with E-state index >= 15 is 0 Å². The van der Waals surface area contributed by atoms with E-state index in [-0.39, 0.29) is 11.7 Å². The number of nitrogens with one attached hydrogen (secondary N) is 1. The van der Waals surface area contributed by atoms with Gasteiger partial charge in [-0.3, -0.25) is 9.59 Å². The van der Waals surface area contributed by atoms with Gasteiger partial charge in [0.2, 0.25) is 5.91 Å². The summed E-state index contributed by atoms with van der Waals surface area (Å²) in [5.41, 5.74) is 0. The van der Waals surface area contributed by atoms with Crippen LogP contribution in [0.4, 0.5) is 0 Å². The van der Waals surface area contributed by atoms with Crippen molar-refractivity contribution in [2.24, 2.45) is 0 Å². The van der Waals surface area contributed by atoms with Gasteiger partial charge < -0.3 is 5.32 Å². The maximum absolute atomic E-state index is 11.4. The molecule has 0 aromatic carbocycles. The molecular weight excluding hydrogens is 214 g/mol. The maximum atomic E-state index is 11.4. The zero-order valence-electron chi connectivity index (χ0n) is 11.4. The summed E-state index contributed by atoms with van der Waals surface area (Å²) >= 11 is 0. The van der Waals surface area contributed by atoms with Gasteiger partial charge in [0, 0.05) is 26.3 Å². The van der Waals surface area contributed by atoms with Gasteiger partial charge in [-0.05, 0) is 6.42 Å². The molecule has 0 saturated carbocycles. The lowest BCUT2D eigenvalue weighted by Crippen LogP contribution is -2.22. The van der Waals surface area contributed by atoms with Crippen LogP contribution in [0.5, 0.6) is 0 Å². The van der Waals surface area contributed by atoms with Crippen LogP contribution >= 0.6 is 0 Å². The van der Waals surface area contributed by atoms with Crippen LogP contribution in [-0.2, 0) is 9.59 Å². The molecule has 1 N–H and O–H groups in total. The second kappa shape index (κ2) is 11.6. The lowest BCUT2D eigenvalue weighted by Gasteiger charge is -2.02. The van der Waals surface area contributed by atoms with E-state index in [4.69, 9.17) is 0 Å². The Morgan fingerprint density at radius 2 is 1.47 bits per heavy atom. The fourth-order valence-electron chi connectivity index (χ4n) is 1.78. The molecule has 0 aromatic rings. The van der Waals surface area contributed by atoms with Crippen molar-refractivity contribution in [1.82, 2.24) is 5.32 Å². The Hall–Kier alpha value is -0.860. The van der Waals surface area contributed by atoms with Gasteiger partial charge in [-0.15, -0.1) is 0 Å². The summed E-state index contributed by atoms with van der Waals surface area (Å²) in [6, 6.07) is 0. The highest BCUT2D eigenvalue weighted by molar-refractivity contribution is 5.79. The highest BCUT2D eigenvalue weighted by atomic mass is 16.1. The molecule has 17 heavy (non-hydrogen) atoms. The molecule has 0 spiro atoms. The van der Waals surface area contributed by atoms with Gasteiger partial charge in [0.25, 0.3) is 0 Å². The summed E-state index contributed by atoms with van der Waals surface area (Å²) in [5, 5.41) is 2.64. The van der Waals surface area contributed by atoms with Gasteiger partial charge in [0.15, 0.2) is 0 Å². The molecular formula is C14H27NO2. The number of Topliss-reactive ketones (excluding diaryl/α,β-unsaturated/α-hetero) is 1. The molecule has 1 amide bonds. The summed E-state index contributed by atoms with van der Waals surface area (Å²) in [5.74, 6) is 0.209. The highest BCUT2D eigenvalue weighted by Gasteiger charge is 2.01. The van der Waals surface area contributed by atoms with Gasteiger partial charge >= 0.3 is 0 Å². The summed E-state index contributed by atoms with van der Waals surface area (Å²) < 4.78 is 0. The van der Waals surface area contributed by atoms with E-state index in [0.717, 1.165) is 12.8 Å². The molecule has 3 heteroatoms. The minimum absolute atomic E-state index is 0.0614. The normalized spacial score (nSPS) is 10.2. The summed E-state index contributed by atoms with van der Waals surface area (Å²) in [7, 11) is 0. The molecule has 0 fully saturated rings. The molecule has 0 bridgehead atoms. The number of unbranched alkanes of at least 4 members (excludes halogenated alkanes) is 6. The third-order valence-electron chi connectivity index (χ3n) is 2.84. The molecule has 0 aromatic heterocycles. The van der Waals surface area contributed by atoms with E-state index in [1.165, 1.54) is 39.0 Å². The first-order chi connectivity index (χ1) is 8.16. The quantitative estimate of drug-likeness (QED) is 0.564. The fourth-order valence-corrected chi connectivity index (χ4v) is 1.78. The van der Waals surface area contributed by atoms with Crippen LogP contribution in [-0.4, -0.2) is 18.2 Å². The first-order valence-corrected chi connectivity index (χ1v) is 6.93. The van der Waals surface area contributed by atoms with Crippen molar-refractivity contribution < 1.29 is 9.59 Å². The lowest BCUT2D eigenvalue weighted by molar-refractivity contribution is -0.120. The summed E-state index contributed by atoms with van der Waals surface area (Å²) in [4.78, 5) is 22.0. The number of carbonyl (C=O) groups is 2. The molecule has 0 rings (SSSR count). The number of hydrogen-bond donors (Lipinski definition) is 1. The Bertz CT molecular complexity index is 214. The van der Waals surface area contributed by atoms with Crippen molar-refractivity contribution in [3.05, 3.63) is 0 Å². The van der Waals surface area contributed by atoms with E-state index in [1.54, 1.807) is 0 Å². The van der Waals surface area contributed by atoms with Gasteiger partial charge in [-0.25, -0.2) is 0 Å². The predicted octanol–water partition coefficient (Wildman–Crippen LogP) is 3.22. The van der Waals surface area contributed by atoms with Crippen molar-refractivity contribution >= 4 is 11.7 Å². The van der Waals surface area contributed by atoms with Crippen molar-refractivity contribution in [1.29, 1.82) is 0 Å². The molecule has 0 aliphatic carbocycles. The Morgan fingerprint density at radius 3 is 2.06 bits per heavy atom. The Balaban J connectivity index is 3.19. The smallest absolute Gasteiger partial charge is 0.216 e. The highest BCUT2D eigenvalue weighted by Crippen LogP contribution is 2.08. The molecule has 100 valence electrons. The predicted molar refractivity (Wildman–Crippen MR) is 70.9 cm³/mol. The van der Waals surface area contributed by atoms with Gasteiger partial charge in [0.1, 0.15) is 5.78 Å². The monoisotopic (exact) mass is 241 g/mol. The van der Waals surface area contributed by atoms with Crippen molar-refractivity contribution in [3.8, 4) is 0 Å². The zero-order valence-corrected chi connectivity index (χ0v) is 11.4. The number of rotatable bonds is 11. The van der Waals surface area contributed by atoms with E-state index in [2.05, 4.69) is 12.2 Å². The minimum Gasteiger partial charge on any atom is -0.356 e. The lowest BCUT2D eigenvalue weighted by atomic mass is 10.1. The first-order valence-electron chi connectivity index (χ1n) is 6.93. The van der Waals surface area contributed by atoms with Gasteiger partial charge in [0.05, 0.1) is 0 Å². The van der Waals surface area contributed by atoms with E-state index in [9.17, 15) is 9.59 Å². The van der Waals surface area contributed by atoms with Gasteiger partial charge in [-0.2, -0.15) is 0 Å². The first kappa shape index (κ1) is 16.1. The molecule has 0 aliphatic rings. The molecule has 0 unspecified atom stereocenters. The average molecular weight is 241 g/mol. The van der Waals surface area contributed by atoms with Crippen LogP contribution in [0.3, 0.4) is 0 Å². The SMILES string of the molecule is CCCCCCCCCC(=O)CCNC(C)=O. The summed E-state index contributed by atoms with van der Waals surface area (Å²) in [6.45, 7) is 4.18. The number of ketones is 1. The minimum atomic E-state index is -0.0614. The van der Waals surface area contributed by atoms with Crippen molar-refractivity contribution in [2.75, 3.05) is 6.54 Å². The molecule has 0 aliphatic heterocycles. The fraction of sp³-hybridized carbons (Fsp3) is 0.857. The number of hydrogen-bond acceptors (Lipinski definition) is 2. The van der Waals surface area contributed by atoms with Crippen molar-refractivity contribution in [3.63, 3.8) is 0 Å². The Labute approximate surface area is 105 Å². The van der Waals surface area contributed by atoms with Crippen LogP contribution in [0.2, 0.25) is 0 Å². The molecule has 0 radical (unpaired) electrons. The summed E-state index contributed by atoms with van der Waals surface area (Å²) in [6.07, 6.45) is 9.81. The average Bonchev–Trinajstić information content (AvgIpc) is 2.27. The van der Waals surface area contributed by atoms with Crippen LogP contribution in [0.1, 0.15) is 71.6 Å². The zero-order chi connectivity index (χ0) is 12.9. The number of amides is 1. The largest absolute Gasteiger partial charge is 0.356 e. The second-order valence-corrected chi connectivity index (χ2v) is 4.64. The topological polar surface area (TPSA) is 46.2 Å². The van der Waals surface area contributed by atoms with Crippen LogP contribution in [0.25, 0.3) is 0 Å². The van der Waals surface area contributed by atoms with E-state index < -0.39 is 0 Å². The third-order valence-corrected chi connectivity index (χ3v) is 2.84. The van der Waals surface area contributed by atoms with Crippen LogP contribution in [0, 0.1) is 0 Å². The van der Waals surface area contributed by atoms with Gasteiger partial charge in [-0.1, -0.05) is 45.4 Å². The molecule has 0 heterocycles. The maximum Gasteiger partial charge on any atom is 0.216 e. The van der Waals surface area contributed by atoms with E-state index in [1.807, 2.05) is 0 Å². The molecule has 0 saturated heterocycles. The Kier molecular flexibility index (Phi) is 11.0. The third kappa shape index (κ3) is 13.1. The van der Waals surface area contributed by atoms with Crippen molar-refractivity contribution in [2.45, 2.75) is 71.6 Å². The standard InChI is InChI=1S/C14H27NO2/c1-3-4-5-6-7-8-9-10-14(17)11-12-15-13(2)16/h3-12H2,1-2H3,(H,15,16). The Morgan fingerprint density at radius 1 is 0.882 bits per heavy atom. The molecule has 0 atom stereocenters. The number of carbonyl (C=O) groups excluding carboxylic acids is 2. The van der Waals surface area contributed by atoms with E-state index in [0.29, 0.717) is 19.4 Å². The van der Waals surface area contributed by atoms with Crippen LogP contribution < -0.4 is 5.32 Å². The van der Waals surface area contributed by atoms with Crippen LogP contribution in [0.15, 0.2) is 0 Å². The molecule has 3 nitrogen and oxygen atoms in total. The second-order valence-electron chi connectivity index (χ2n) is 4.64.